The molecule has 0 radical (unpaired) electrons. The molecular weight excluding hydrogens is 342 g/mol. The Morgan fingerprint density at radius 3 is 2.39 bits per heavy atom. The summed E-state index contributed by atoms with van der Waals surface area (Å²) in [6, 6.07) is 18.7. The summed E-state index contributed by atoms with van der Waals surface area (Å²) < 4.78 is 0. The Hall–Kier alpha value is -1.84. The zero-order valence-electron chi connectivity index (χ0n) is 18.3. The maximum atomic E-state index is 3.71. The van der Waals surface area contributed by atoms with Crippen LogP contribution in [0.15, 0.2) is 48.5 Å². The fraction of sp³-hybridized carbons (Fsp3) is 0.520. The molecule has 1 aliphatic rings. The molecule has 0 aliphatic carbocycles. The molecule has 3 rings (SSSR count). The number of rotatable bonds is 7. The first kappa shape index (κ1) is 20.9. The van der Waals surface area contributed by atoms with E-state index in [2.05, 4.69) is 98.4 Å². The lowest BCUT2D eigenvalue weighted by molar-refractivity contribution is 0.273. The molecule has 2 aromatic rings. The molecule has 28 heavy (non-hydrogen) atoms. The summed E-state index contributed by atoms with van der Waals surface area (Å²) in [5.41, 5.74) is 5.60. The van der Waals surface area contributed by atoms with E-state index in [0.717, 1.165) is 32.7 Å². The molecule has 1 unspecified atom stereocenters. The maximum Gasteiger partial charge on any atom is 0.0372 e. The van der Waals surface area contributed by atoms with Gasteiger partial charge >= 0.3 is 0 Å². The van der Waals surface area contributed by atoms with Crippen molar-refractivity contribution < 1.29 is 0 Å². The van der Waals surface area contributed by atoms with Crippen LogP contribution in [0, 0.1) is 0 Å². The van der Waals surface area contributed by atoms with Crippen LogP contribution < -0.4 is 10.2 Å². The van der Waals surface area contributed by atoms with Gasteiger partial charge in [0.2, 0.25) is 0 Å². The zero-order valence-corrected chi connectivity index (χ0v) is 18.3. The van der Waals surface area contributed by atoms with E-state index in [4.69, 9.17) is 0 Å². The van der Waals surface area contributed by atoms with E-state index in [1.807, 2.05) is 0 Å². The number of likely N-dealkylation sites (N-methyl/N-ethyl adjacent to an activating group) is 1. The number of piperazine rings is 1. The van der Waals surface area contributed by atoms with Crippen molar-refractivity contribution in [3.05, 3.63) is 65.2 Å². The van der Waals surface area contributed by atoms with Gasteiger partial charge in [-0.2, -0.15) is 0 Å². The second-order valence-corrected chi connectivity index (χ2v) is 8.94. The fourth-order valence-electron chi connectivity index (χ4n) is 4.06. The van der Waals surface area contributed by atoms with Gasteiger partial charge < -0.3 is 15.1 Å². The van der Waals surface area contributed by atoms with Gasteiger partial charge in [0.15, 0.2) is 0 Å². The minimum absolute atomic E-state index is 0.497. The topological polar surface area (TPSA) is 18.5 Å². The van der Waals surface area contributed by atoms with Crippen LogP contribution in [0.2, 0.25) is 0 Å². The normalized spacial score (nSPS) is 17.7. The minimum atomic E-state index is 0.497. The molecule has 0 bridgehead atoms. The predicted octanol–water partition coefficient (Wildman–Crippen LogP) is 4.84. The van der Waals surface area contributed by atoms with Crippen molar-refractivity contribution in [1.82, 2.24) is 10.2 Å². The summed E-state index contributed by atoms with van der Waals surface area (Å²) in [6.07, 6.45) is 0. The number of hydrogen-bond acceptors (Lipinski definition) is 3. The molecule has 1 heterocycles. The number of benzene rings is 2. The molecule has 0 spiro atoms. The second-order valence-electron chi connectivity index (χ2n) is 8.94. The Morgan fingerprint density at radius 1 is 1.00 bits per heavy atom. The highest BCUT2D eigenvalue weighted by Crippen LogP contribution is 2.21. The van der Waals surface area contributed by atoms with E-state index in [9.17, 15) is 0 Å². The van der Waals surface area contributed by atoms with E-state index in [-0.39, 0.29) is 0 Å². The van der Waals surface area contributed by atoms with Crippen LogP contribution in [-0.2, 0) is 6.54 Å². The number of hydrogen-bond donors (Lipinski definition) is 1. The third-order valence-corrected chi connectivity index (χ3v) is 5.78. The molecule has 1 saturated heterocycles. The smallest absolute Gasteiger partial charge is 0.0372 e. The molecule has 0 aromatic heterocycles. The Morgan fingerprint density at radius 2 is 1.71 bits per heavy atom. The van der Waals surface area contributed by atoms with Gasteiger partial charge in [0, 0.05) is 44.5 Å². The SMILES string of the molecule is CC(C)c1ccc(N2CCNC(CN(C)Cc3cccc(C(C)C)c3)C2)cc1. The highest BCUT2D eigenvalue weighted by Gasteiger charge is 2.21. The first-order valence-corrected chi connectivity index (χ1v) is 10.8. The molecule has 1 aliphatic heterocycles. The molecule has 1 atom stereocenters. The highest BCUT2D eigenvalue weighted by atomic mass is 15.2. The molecule has 152 valence electrons. The minimum Gasteiger partial charge on any atom is -0.369 e. The van der Waals surface area contributed by atoms with Crippen LogP contribution in [0.5, 0.6) is 0 Å². The van der Waals surface area contributed by atoms with Gasteiger partial charge in [-0.15, -0.1) is 0 Å². The van der Waals surface area contributed by atoms with Crippen molar-refractivity contribution in [3.63, 3.8) is 0 Å². The molecule has 0 amide bonds. The molecule has 1 N–H and O–H groups in total. The Kier molecular flexibility index (Phi) is 7.14. The van der Waals surface area contributed by atoms with Gasteiger partial charge in [-0.3, -0.25) is 0 Å². The van der Waals surface area contributed by atoms with Gasteiger partial charge in [-0.05, 0) is 47.7 Å². The lowest BCUT2D eigenvalue weighted by atomic mass is 10.0. The van der Waals surface area contributed by atoms with E-state index >= 15 is 0 Å². The third kappa shape index (κ3) is 5.59. The molecule has 3 heteroatoms. The van der Waals surface area contributed by atoms with Crippen molar-refractivity contribution in [1.29, 1.82) is 0 Å². The van der Waals surface area contributed by atoms with Crippen LogP contribution in [0.1, 0.15) is 56.2 Å². The number of nitrogens with zero attached hydrogens (tertiary/aromatic N) is 2. The van der Waals surface area contributed by atoms with E-state index < -0.39 is 0 Å². The fourth-order valence-corrected chi connectivity index (χ4v) is 4.06. The molecule has 1 fully saturated rings. The molecule has 3 nitrogen and oxygen atoms in total. The lowest BCUT2D eigenvalue weighted by Gasteiger charge is -2.37. The third-order valence-electron chi connectivity index (χ3n) is 5.78. The standard InChI is InChI=1S/C25H37N3/c1-19(2)22-9-11-25(12-10-22)28-14-13-26-24(18-28)17-27(5)16-21-7-6-8-23(15-21)20(3)4/h6-12,15,19-20,24,26H,13-14,16-18H2,1-5H3. The van der Waals surface area contributed by atoms with Gasteiger partial charge in [0.25, 0.3) is 0 Å². The largest absolute Gasteiger partial charge is 0.369 e. The first-order valence-electron chi connectivity index (χ1n) is 10.8. The summed E-state index contributed by atoms with van der Waals surface area (Å²) in [5.74, 6) is 1.17. The summed E-state index contributed by atoms with van der Waals surface area (Å²) in [6.45, 7) is 14.3. The molecule has 0 saturated carbocycles. The monoisotopic (exact) mass is 379 g/mol. The lowest BCUT2D eigenvalue weighted by Crippen LogP contribution is -2.54. The number of nitrogens with one attached hydrogen (secondary N) is 1. The average molecular weight is 380 g/mol. The van der Waals surface area contributed by atoms with E-state index in [0.29, 0.717) is 17.9 Å². The Labute approximate surface area is 171 Å². The average Bonchev–Trinajstić information content (AvgIpc) is 2.68. The van der Waals surface area contributed by atoms with Gasteiger partial charge in [-0.1, -0.05) is 64.1 Å². The van der Waals surface area contributed by atoms with Crippen LogP contribution in [0.25, 0.3) is 0 Å². The van der Waals surface area contributed by atoms with Crippen molar-refractivity contribution in [3.8, 4) is 0 Å². The van der Waals surface area contributed by atoms with E-state index in [1.54, 1.807) is 0 Å². The highest BCUT2D eigenvalue weighted by molar-refractivity contribution is 5.48. The maximum absolute atomic E-state index is 3.71. The van der Waals surface area contributed by atoms with Crippen molar-refractivity contribution in [2.24, 2.45) is 0 Å². The van der Waals surface area contributed by atoms with Crippen molar-refractivity contribution >= 4 is 5.69 Å². The van der Waals surface area contributed by atoms with E-state index in [1.165, 1.54) is 22.4 Å². The number of anilines is 1. The van der Waals surface area contributed by atoms with Crippen LogP contribution in [-0.4, -0.2) is 44.2 Å². The summed E-state index contributed by atoms with van der Waals surface area (Å²) in [5, 5.41) is 3.71. The molecule has 2 aromatic carbocycles. The first-order chi connectivity index (χ1) is 13.4. The Balaban J connectivity index is 1.56. The summed E-state index contributed by atoms with van der Waals surface area (Å²) in [4.78, 5) is 4.97. The summed E-state index contributed by atoms with van der Waals surface area (Å²) in [7, 11) is 2.24. The summed E-state index contributed by atoms with van der Waals surface area (Å²) >= 11 is 0. The van der Waals surface area contributed by atoms with Crippen LogP contribution >= 0.6 is 0 Å². The van der Waals surface area contributed by atoms with Crippen LogP contribution in [0.4, 0.5) is 5.69 Å². The molecular formula is C25H37N3. The van der Waals surface area contributed by atoms with Gasteiger partial charge in [0.1, 0.15) is 0 Å². The Bertz CT molecular complexity index is 736. The zero-order chi connectivity index (χ0) is 20.1. The quantitative estimate of drug-likeness (QED) is 0.742. The van der Waals surface area contributed by atoms with Crippen molar-refractivity contribution in [2.45, 2.75) is 52.1 Å². The van der Waals surface area contributed by atoms with Crippen molar-refractivity contribution in [2.75, 3.05) is 38.1 Å². The van der Waals surface area contributed by atoms with Gasteiger partial charge in [0.05, 0.1) is 0 Å². The second kappa shape index (κ2) is 9.58. The van der Waals surface area contributed by atoms with Gasteiger partial charge in [-0.25, -0.2) is 0 Å². The predicted molar refractivity (Wildman–Crippen MR) is 121 cm³/mol. The van der Waals surface area contributed by atoms with Crippen LogP contribution in [0.3, 0.4) is 0 Å².